The van der Waals surface area contributed by atoms with E-state index in [1.165, 1.54) is 18.2 Å². The minimum Gasteiger partial charge on any atom is -0.506 e. The average molecular weight is 349 g/mol. The van der Waals surface area contributed by atoms with Crippen molar-refractivity contribution in [1.29, 1.82) is 0 Å². The highest BCUT2D eigenvalue weighted by Gasteiger charge is 2.30. The van der Waals surface area contributed by atoms with Crippen molar-refractivity contribution in [3.8, 4) is 5.75 Å². The molecule has 2 N–H and O–H groups in total. The lowest BCUT2D eigenvalue weighted by atomic mass is 10.1. The predicted octanol–water partition coefficient (Wildman–Crippen LogP) is 2.70. The molecule has 1 aromatic heterocycles. The van der Waals surface area contributed by atoms with Crippen LogP contribution in [0.4, 0.5) is 5.69 Å². The molecule has 0 bridgehead atoms. The van der Waals surface area contributed by atoms with E-state index in [-0.39, 0.29) is 11.4 Å². The number of amides is 1. The molecular weight excluding hydrogens is 332 g/mol. The van der Waals surface area contributed by atoms with Crippen molar-refractivity contribution in [2.24, 2.45) is 5.16 Å². The highest BCUT2D eigenvalue weighted by Crippen LogP contribution is 2.27. The van der Waals surface area contributed by atoms with Gasteiger partial charge >= 0.3 is 0 Å². The standard InChI is InChI=1S/C16H17ClN4O3/c1-3-21-8-11(9(2)19-21)12-7-15(24-20-12)16(23)18-13-6-10(17)4-5-14(13)22/h4-6,8,15,22H,3,7H2,1-2H3,(H,18,23)/t15-/m1/s1. The fraction of sp³-hybridized carbons (Fsp3) is 0.312. The highest BCUT2D eigenvalue weighted by atomic mass is 35.5. The van der Waals surface area contributed by atoms with Crippen LogP contribution in [0.3, 0.4) is 0 Å². The summed E-state index contributed by atoms with van der Waals surface area (Å²) in [4.78, 5) is 17.6. The van der Waals surface area contributed by atoms with Crippen LogP contribution in [-0.4, -0.2) is 32.6 Å². The Kier molecular flexibility index (Phi) is 4.44. The van der Waals surface area contributed by atoms with Crippen molar-refractivity contribution in [2.45, 2.75) is 32.9 Å². The molecule has 7 nitrogen and oxygen atoms in total. The molecule has 0 radical (unpaired) electrons. The van der Waals surface area contributed by atoms with Gasteiger partial charge in [-0.15, -0.1) is 0 Å². The van der Waals surface area contributed by atoms with Crippen LogP contribution >= 0.6 is 11.6 Å². The monoisotopic (exact) mass is 348 g/mol. The minimum absolute atomic E-state index is 0.0630. The van der Waals surface area contributed by atoms with Crippen LogP contribution in [0.5, 0.6) is 5.75 Å². The summed E-state index contributed by atoms with van der Waals surface area (Å²) in [5.41, 5.74) is 2.63. The van der Waals surface area contributed by atoms with Crippen molar-refractivity contribution in [2.75, 3.05) is 5.32 Å². The van der Waals surface area contributed by atoms with Crippen LogP contribution in [0.25, 0.3) is 0 Å². The van der Waals surface area contributed by atoms with E-state index in [4.69, 9.17) is 16.4 Å². The molecule has 2 aromatic rings. The van der Waals surface area contributed by atoms with Crippen LogP contribution in [0.2, 0.25) is 5.02 Å². The van der Waals surface area contributed by atoms with Crippen molar-refractivity contribution >= 4 is 28.9 Å². The lowest BCUT2D eigenvalue weighted by molar-refractivity contribution is -0.125. The molecule has 1 aliphatic rings. The Morgan fingerprint density at radius 2 is 2.33 bits per heavy atom. The summed E-state index contributed by atoms with van der Waals surface area (Å²) in [5, 5.41) is 21.2. The van der Waals surface area contributed by atoms with Crippen molar-refractivity contribution in [3.05, 3.63) is 40.7 Å². The van der Waals surface area contributed by atoms with E-state index in [0.717, 1.165) is 17.8 Å². The smallest absolute Gasteiger partial charge is 0.268 e. The lowest BCUT2D eigenvalue weighted by Crippen LogP contribution is -2.28. The van der Waals surface area contributed by atoms with E-state index < -0.39 is 12.0 Å². The van der Waals surface area contributed by atoms with Gasteiger partial charge in [-0.25, -0.2) is 0 Å². The number of phenolic OH excluding ortho intramolecular Hbond substituents is 1. The largest absolute Gasteiger partial charge is 0.506 e. The normalized spacial score (nSPS) is 16.6. The number of halogens is 1. The maximum Gasteiger partial charge on any atom is 0.268 e. The number of benzene rings is 1. The van der Waals surface area contributed by atoms with Crippen LogP contribution in [0.1, 0.15) is 24.6 Å². The maximum absolute atomic E-state index is 12.3. The molecule has 1 aromatic carbocycles. The van der Waals surface area contributed by atoms with Gasteiger partial charge in [-0.2, -0.15) is 5.10 Å². The second-order valence-corrected chi connectivity index (χ2v) is 5.91. The summed E-state index contributed by atoms with van der Waals surface area (Å²) in [7, 11) is 0. The van der Waals surface area contributed by atoms with Gasteiger partial charge in [0.1, 0.15) is 5.75 Å². The Balaban J connectivity index is 1.69. The number of nitrogens with one attached hydrogen (secondary N) is 1. The number of aromatic hydroxyl groups is 1. The van der Waals surface area contributed by atoms with E-state index in [0.29, 0.717) is 17.2 Å². The third kappa shape index (κ3) is 3.21. The summed E-state index contributed by atoms with van der Waals surface area (Å²) < 4.78 is 1.81. The van der Waals surface area contributed by atoms with Gasteiger partial charge in [0.15, 0.2) is 0 Å². The minimum atomic E-state index is -0.761. The van der Waals surface area contributed by atoms with Gasteiger partial charge in [-0.05, 0) is 32.0 Å². The van der Waals surface area contributed by atoms with Gasteiger partial charge in [0.05, 0.1) is 17.1 Å². The van der Waals surface area contributed by atoms with E-state index in [9.17, 15) is 9.90 Å². The highest BCUT2D eigenvalue weighted by molar-refractivity contribution is 6.31. The second-order valence-electron chi connectivity index (χ2n) is 5.47. The maximum atomic E-state index is 12.3. The summed E-state index contributed by atoms with van der Waals surface area (Å²) in [6.45, 7) is 4.64. The van der Waals surface area contributed by atoms with Crippen LogP contribution in [0.15, 0.2) is 29.6 Å². The molecule has 0 saturated heterocycles. The van der Waals surface area contributed by atoms with Gasteiger partial charge < -0.3 is 15.3 Å². The number of aromatic nitrogens is 2. The van der Waals surface area contributed by atoms with Crippen LogP contribution < -0.4 is 5.32 Å². The second kappa shape index (κ2) is 6.52. The quantitative estimate of drug-likeness (QED) is 0.831. The van der Waals surface area contributed by atoms with Gasteiger partial charge in [0.25, 0.3) is 5.91 Å². The van der Waals surface area contributed by atoms with E-state index in [2.05, 4.69) is 15.6 Å². The third-order valence-electron chi connectivity index (χ3n) is 3.76. The molecule has 0 spiro atoms. The number of anilines is 1. The Labute approximate surface area is 143 Å². The van der Waals surface area contributed by atoms with E-state index in [1.54, 1.807) is 0 Å². The van der Waals surface area contributed by atoms with Crippen molar-refractivity contribution in [1.82, 2.24) is 9.78 Å². The first kappa shape index (κ1) is 16.3. The number of rotatable bonds is 4. The fourth-order valence-corrected chi connectivity index (χ4v) is 2.63. The number of carbonyl (C=O) groups excluding carboxylic acids is 1. The van der Waals surface area contributed by atoms with Crippen LogP contribution in [-0.2, 0) is 16.2 Å². The number of hydrogen-bond acceptors (Lipinski definition) is 5. The number of oxime groups is 1. The third-order valence-corrected chi connectivity index (χ3v) is 3.99. The average Bonchev–Trinajstić information content (AvgIpc) is 3.17. The predicted molar refractivity (Wildman–Crippen MR) is 90.4 cm³/mol. The van der Waals surface area contributed by atoms with Gasteiger partial charge in [-0.3, -0.25) is 9.48 Å². The zero-order chi connectivity index (χ0) is 17.3. The topological polar surface area (TPSA) is 88.7 Å². The number of carbonyl (C=O) groups is 1. The molecule has 0 aliphatic carbocycles. The summed E-state index contributed by atoms with van der Waals surface area (Å²) in [6.07, 6.45) is 1.46. The molecule has 0 unspecified atom stereocenters. The van der Waals surface area contributed by atoms with Crippen LogP contribution in [0, 0.1) is 6.92 Å². The Morgan fingerprint density at radius 1 is 1.54 bits per heavy atom. The molecule has 8 heteroatoms. The molecule has 3 rings (SSSR count). The molecule has 126 valence electrons. The Hall–Kier alpha value is -2.54. The first-order valence-corrected chi connectivity index (χ1v) is 7.92. The first-order chi connectivity index (χ1) is 11.5. The number of aryl methyl sites for hydroxylation is 2. The Morgan fingerprint density at radius 3 is 3.04 bits per heavy atom. The molecule has 2 heterocycles. The zero-order valence-corrected chi connectivity index (χ0v) is 14.0. The molecule has 1 atom stereocenters. The first-order valence-electron chi connectivity index (χ1n) is 7.54. The van der Waals surface area contributed by atoms with Crippen molar-refractivity contribution < 1.29 is 14.7 Å². The zero-order valence-electron chi connectivity index (χ0n) is 13.3. The summed E-state index contributed by atoms with van der Waals surface area (Å²) >= 11 is 5.87. The van der Waals surface area contributed by atoms with Gasteiger partial charge in [0, 0.05) is 29.7 Å². The summed E-state index contributed by atoms with van der Waals surface area (Å²) in [5.74, 6) is -0.459. The number of phenols is 1. The molecule has 0 fully saturated rings. The Bertz CT molecular complexity index is 816. The fourth-order valence-electron chi connectivity index (χ4n) is 2.46. The van der Waals surface area contributed by atoms with Gasteiger partial charge in [0.2, 0.25) is 6.10 Å². The summed E-state index contributed by atoms with van der Waals surface area (Å²) in [6, 6.07) is 4.42. The molecule has 1 amide bonds. The van der Waals surface area contributed by atoms with Crippen molar-refractivity contribution in [3.63, 3.8) is 0 Å². The van der Waals surface area contributed by atoms with E-state index in [1.807, 2.05) is 24.7 Å². The molecule has 0 saturated carbocycles. The number of nitrogens with zero attached hydrogens (tertiary/aromatic N) is 3. The molecule has 24 heavy (non-hydrogen) atoms. The molecule has 1 aliphatic heterocycles. The number of hydrogen-bond donors (Lipinski definition) is 2. The van der Waals surface area contributed by atoms with Gasteiger partial charge in [-0.1, -0.05) is 16.8 Å². The van der Waals surface area contributed by atoms with E-state index >= 15 is 0 Å². The lowest BCUT2D eigenvalue weighted by Gasteiger charge is -2.11. The molecular formula is C16H17ClN4O3. The SMILES string of the molecule is CCn1cc(C2=NO[C@@H](C(=O)Nc3cc(Cl)ccc3O)C2)c(C)n1.